The molecule has 3 saturated carbocycles. The number of allylic oxidation sites excluding steroid dienone is 3. The van der Waals surface area contributed by atoms with Crippen molar-refractivity contribution < 1.29 is 10.2 Å². The van der Waals surface area contributed by atoms with E-state index in [4.69, 9.17) is 0 Å². The molecule has 2 heteroatoms. The molecule has 0 aromatic carbocycles. The van der Waals surface area contributed by atoms with Gasteiger partial charge in [-0.15, -0.1) is 0 Å². The van der Waals surface area contributed by atoms with Crippen LogP contribution in [-0.2, 0) is 0 Å². The van der Waals surface area contributed by atoms with Crippen LogP contribution in [-0.4, -0.2) is 22.4 Å². The Balaban J connectivity index is 1.72. The number of hydrogen-bond acceptors (Lipinski definition) is 2. The van der Waals surface area contributed by atoms with Crippen molar-refractivity contribution in [3.05, 3.63) is 35.5 Å². The van der Waals surface area contributed by atoms with Crippen LogP contribution in [0.3, 0.4) is 0 Å². The minimum Gasteiger partial charge on any atom is -0.393 e. The fourth-order valence-electron chi connectivity index (χ4n) is 6.74. The summed E-state index contributed by atoms with van der Waals surface area (Å²) in [4.78, 5) is 0. The van der Waals surface area contributed by atoms with Crippen LogP contribution < -0.4 is 0 Å². The minimum atomic E-state index is -0.597. The molecule has 0 bridgehead atoms. The van der Waals surface area contributed by atoms with Gasteiger partial charge in [0.1, 0.15) is 0 Å². The van der Waals surface area contributed by atoms with Gasteiger partial charge >= 0.3 is 0 Å². The van der Waals surface area contributed by atoms with Gasteiger partial charge in [-0.2, -0.15) is 0 Å². The molecule has 0 saturated heterocycles. The Morgan fingerprint density at radius 3 is 2.53 bits per heavy atom. The maximum atomic E-state index is 10.1. The van der Waals surface area contributed by atoms with Crippen LogP contribution >= 0.6 is 0 Å². The van der Waals surface area contributed by atoms with E-state index in [0.29, 0.717) is 24.2 Å². The number of aliphatic hydroxyl groups excluding tert-OH is 2. The summed E-state index contributed by atoms with van der Waals surface area (Å²) in [6.45, 7) is 16.3. The Morgan fingerprint density at radius 2 is 1.83 bits per heavy atom. The SMILES string of the molecule is C=C1C(=CC=C2CCC[C@]3(C)[C@@H]([C@H](C)CC[C@H](C)C(C)C)CC[C@@H]23)C[C@H](O)C[C@H]1O. The minimum absolute atomic E-state index is 0.419. The van der Waals surface area contributed by atoms with Gasteiger partial charge in [-0.1, -0.05) is 71.8 Å². The molecule has 3 aliphatic carbocycles. The van der Waals surface area contributed by atoms with Crippen molar-refractivity contribution in [3.8, 4) is 0 Å². The van der Waals surface area contributed by atoms with Crippen LogP contribution in [0.15, 0.2) is 35.5 Å². The van der Waals surface area contributed by atoms with Gasteiger partial charge in [-0.3, -0.25) is 0 Å². The molecule has 3 aliphatic rings. The van der Waals surface area contributed by atoms with Gasteiger partial charge in [0.25, 0.3) is 0 Å². The summed E-state index contributed by atoms with van der Waals surface area (Å²) < 4.78 is 0. The van der Waals surface area contributed by atoms with E-state index in [-0.39, 0.29) is 0 Å². The maximum Gasteiger partial charge on any atom is 0.0811 e. The first-order valence-electron chi connectivity index (χ1n) is 12.6. The number of aliphatic hydroxyl groups is 2. The Kier molecular flexibility index (Phi) is 7.72. The zero-order valence-corrected chi connectivity index (χ0v) is 20.2. The smallest absolute Gasteiger partial charge is 0.0811 e. The van der Waals surface area contributed by atoms with Crippen LogP contribution in [0.2, 0.25) is 0 Å². The number of rotatable bonds is 6. The second-order valence-electron chi connectivity index (χ2n) is 11.4. The fourth-order valence-corrected chi connectivity index (χ4v) is 6.74. The summed E-state index contributed by atoms with van der Waals surface area (Å²) in [6.07, 6.45) is 13.8. The summed E-state index contributed by atoms with van der Waals surface area (Å²) in [5.74, 6) is 3.95. The number of fused-ring (bicyclic) bond motifs is 1. The Bertz CT molecular complexity index is 672. The molecule has 0 amide bonds. The van der Waals surface area contributed by atoms with Crippen molar-refractivity contribution in [2.24, 2.45) is 35.0 Å². The van der Waals surface area contributed by atoms with E-state index >= 15 is 0 Å². The Hall–Kier alpha value is -0.860. The molecule has 7 atom stereocenters. The van der Waals surface area contributed by atoms with Crippen molar-refractivity contribution in [1.29, 1.82) is 0 Å². The van der Waals surface area contributed by atoms with E-state index in [2.05, 4.69) is 53.3 Å². The van der Waals surface area contributed by atoms with Crippen molar-refractivity contribution in [2.45, 2.75) is 105 Å². The molecule has 0 aromatic heterocycles. The highest BCUT2D eigenvalue weighted by Crippen LogP contribution is 2.60. The van der Waals surface area contributed by atoms with E-state index in [1.54, 1.807) is 5.57 Å². The van der Waals surface area contributed by atoms with Crippen LogP contribution in [0.4, 0.5) is 0 Å². The number of hydrogen-bond donors (Lipinski definition) is 2. The zero-order valence-electron chi connectivity index (χ0n) is 20.2. The van der Waals surface area contributed by atoms with Gasteiger partial charge < -0.3 is 10.2 Å². The molecule has 0 aromatic rings. The van der Waals surface area contributed by atoms with Gasteiger partial charge in [0.05, 0.1) is 12.2 Å². The second kappa shape index (κ2) is 9.74. The zero-order chi connectivity index (χ0) is 22.1. The molecule has 0 unspecified atom stereocenters. The summed E-state index contributed by atoms with van der Waals surface area (Å²) in [5.41, 5.74) is 3.87. The van der Waals surface area contributed by atoms with Gasteiger partial charge in [0.2, 0.25) is 0 Å². The highest BCUT2D eigenvalue weighted by molar-refractivity contribution is 5.38. The monoisotopic (exact) mass is 414 g/mol. The highest BCUT2D eigenvalue weighted by Gasteiger charge is 2.50. The average molecular weight is 415 g/mol. The van der Waals surface area contributed by atoms with Gasteiger partial charge in [0.15, 0.2) is 0 Å². The third kappa shape index (κ3) is 4.96. The predicted octanol–water partition coefficient (Wildman–Crippen LogP) is 6.84. The first-order chi connectivity index (χ1) is 14.1. The van der Waals surface area contributed by atoms with Crippen molar-refractivity contribution in [2.75, 3.05) is 0 Å². The van der Waals surface area contributed by atoms with Gasteiger partial charge in [-0.05, 0) is 84.7 Å². The lowest BCUT2D eigenvalue weighted by atomic mass is 9.60. The molecule has 170 valence electrons. The van der Waals surface area contributed by atoms with E-state index < -0.39 is 12.2 Å². The lowest BCUT2D eigenvalue weighted by Gasteiger charge is -2.44. The molecule has 0 spiro atoms. The highest BCUT2D eigenvalue weighted by atomic mass is 16.3. The Labute approximate surface area is 185 Å². The lowest BCUT2D eigenvalue weighted by molar-refractivity contribution is 0.0861. The summed E-state index contributed by atoms with van der Waals surface area (Å²) in [5, 5.41) is 20.2. The molecule has 0 radical (unpaired) electrons. The van der Waals surface area contributed by atoms with Crippen molar-refractivity contribution in [3.63, 3.8) is 0 Å². The van der Waals surface area contributed by atoms with Crippen molar-refractivity contribution in [1.82, 2.24) is 0 Å². The van der Waals surface area contributed by atoms with E-state index in [1.165, 1.54) is 44.9 Å². The molecular weight excluding hydrogens is 368 g/mol. The summed E-state index contributed by atoms with van der Waals surface area (Å²) in [6, 6.07) is 0. The topological polar surface area (TPSA) is 40.5 Å². The van der Waals surface area contributed by atoms with E-state index in [1.807, 2.05) is 0 Å². The third-order valence-electron chi connectivity index (χ3n) is 9.20. The van der Waals surface area contributed by atoms with Crippen LogP contribution in [0, 0.1) is 35.0 Å². The molecule has 3 rings (SSSR count). The second-order valence-corrected chi connectivity index (χ2v) is 11.4. The average Bonchev–Trinajstić information content (AvgIpc) is 3.04. The molecule has 0 heterocycles. The summed E-state index contributed by atoms with van der Waals surface area (Å²) in [7, 11) is 0. The van der Waals surface area contributed by atoms with Gasteiger partial charge in [0, 0.05) is 6.42 Å². The van der Waals surface area contributed by atoms with Crippen LogP contribution in [0.5, 0.6) is 0 Å². The van der Waals surface area contributed by atoms with Crippen LogP contribution in [0.25, 0.3) is 0 Å². The normalized spacial score (nSPS) is 39.5. The molecular formula is C28H46O2. The molecule has 0 aliphatic heterocycles. The van der Waals surface area contributed by atoms with Crippen LogP contribution in [0.1, 0.15) is 92.4 Å². The quantitative estimate of drug-likeness (QED) is 0.500. The first kappa shape index (κ1) is 23.8. The van der Waals surface area contributed by atoms with E-state index in [9.17, 15) is 10.2 Å². The Morgan fingerprint density at radius 1 is 1.10 bits per heavy atom. The summed E-state index contributed by atoms with van der Waals surface area (Å²) >= 11 is 0. The largest absolute Gasteiger partial charge is 0.393 e. The fraction of sp³-hybridized carbons (Fsp3) is 0.786. The molecule has 30 heavy (non-hydrogen) atoms. The lowest BCUT2D eigenvalue weighted by Crippen LogP contribution is -2.36. The van der Waals surface area contributed by atoms with Crippen molar-refractivity contribution >= 4 is 0 Å². The molecule has 3 fully saturated rings. The van der Waals surface area contributed by atoms with Gasteiger partial charge in [-0.25, -0.2) is 0 Å². The third-order valence-corrected chi connectivity index (χ3v) is 9.20. The molecule has 2 N–H and O–H groups in total. The molecule has 2 nitrogen and oxygen atoms in total. The predicted molar refractivity (Wildman–Crippen MR) is 127 cm³/mol. The maximum absolute atomic E-state index is 10.1. The first-order valence-corrected chi connectivity index (χ1v) is 12.6. The standard InChI is InChI=1S/C28H46O2/c1-18(2)19(3)9-10-20(4)25-13-14-26-22(8-7-15-28(25,26)6)11-12-23-16-24(29)17-27(30)21(23)5/h11-12,18-20,24-27,29-30H,5,7-10,13-17H2,1-4,6H3/t19-,20+,24-,25+,26-,27+,28+/m0/s1. The van der Waals surface area contributed by atoms with E-state index in [0.717, 1.165) is 34.8 Å².